The summed E-state index contributed by atoms with van der Waals surface area (Å²) in [5.74, 6) is 0.0741. The van der Waals surface area contributed by atoms with Crippen LogP contribution in [-0.2, 0) is 43.7 Å². The third kappa shape index (κ3) is 38.5. The van der Waals surface area contributed by atoms with Crippen molar-refractivity contribution >= 4 is 12.4 Å². The van der Waals surface area contributed by atoms with E-state index >= 15 is 0 Å². The maximum Gasteiger partial charge on any atom is 2.00 e. The summed E-state index contributed by atoms with van der Waals surface area (Å²) in [6.45, 7) is 23.7. The van der Waals surface area contributed by atoms with Crippen LogP contribution in [0.25, 0.3) is 0 Å². The first kappa shape index (κ1) is 48.4. The van der Waals surface area contributed by atoms with Gasteiger partial charge in [0.15, 0.2) is 0 Å². The van der Waals surface area contributed by atoms with Gasteiger partial charge in [-0.05, 0) is 65.5 Å². The van der Waals surface area contributed by atoms with Gasteiger partial charge in [0.1, 0.15) is 0 Å². The van der Waals surface area contributed by atoms with Crippen LogP contribution in [0.4, 0.5) is 0 Å². The van der Waals surface area contributed by atoms with E-state index < -0.39 is 11.2 Å². The van der Waals surface area contributed by atoms with Crippen molar-refractivity contribution in [3.05, 3.63) is 58.7 Å². The fraction of sp³-hybridized carbons (Fsp3) is 0.588. The van der Waals surface area contributed by atoms with E-state index in [1.165, 1.54) is 12.8 Å². The van der Waals surface area contributed by atoms with E-state index in [9.17, 15) is 20.4 Å². The Labute approximate surface area is 287 Å². The van der Waals surface area contributed by atoms with E-state index in [-0.39, 0.29) is 62.5 Å². The molecule has 0 radical (unpaired) electrons. The Bertz CT molecular complexity index is 927. The molecule has 2 aromatic carbocycles. The Balaban J connectivity index is -0.000000236. The SMILES string of the molecule is C1CCOC1.CC(C)(C)[O-].CC(C)(C)[O-].Cc1ccc([O-])c(C=NC(C)C)c1.Cc1ccc([O-])c(C=NC(C)C)c1.[Zn+2].[Zn+2]. The molecule has 0 unspecified atom stereocenters. The molecule has 0 bridgehead atoms. The molecule has 0 aliphatic carbocycles. The van der Waals surface area contributed by atoms with Gasteiger partial charge in [-0.1, -0.05) is 89.1 Å². The van der Waals surface area contributed by atoms with Crippen molar-refractivity contribution in [1.29, 1.82) is 0 Å². The first-order valence-corrected chi connectivity index (χ1v) is 14.3. The molecule has 234 valence electrons. The number of hydrogen-bond donors (Lipinski definition) is 0. The molecule has 0 saturated carbocycles. The summed E-state index contributed by atoms with van der Waals surface area (Å²) in [6, 6.07) is 11.0. The molecule has 0 aromatic heterocycles. The molecule has 1 heterocycles. The number of benzene rings is 2. The van der Waals surface area contributed by atoms with Crippen LogP contribution in [0.5, 0.6) is 11.5 Å². The van der Waals surface area contributed by atoms with Crippen LogP contribution in [0, 0.1) is 13.8 Å². The molecule has 7 nitrogen and oxygen atoms in total. The zero-order valence-corrected chi connectivity index (χ0v) is 34.9. The second-order valence-corrected chi connectivity index (χ2v) is 12.4. The Morgan fingerprint density at radius 3 is 1.14 bits per heavy atom. The maximum atomic E-state index is 11.3. The third-order valence-corrected chi connectivity index (χ3v) is 4.18. The number of ether oxygens (including phenoxy) is 1. The Kier molecular flexibility index (Phi) is 29.0. The Morgan fingerprint density at radius 1 is 0.651 bits per heavy atom. The van der Waals surface area contributed by atoms with Crippen molar-refractivity contribution in [3.63, 3.8) is 0 Å². The van der Waals surface area contributed by atoms with Gasteiger partial charge in [0.05, 0.1) is 0 Å². The zero-order valence-electron chi connectivity index (χ0n) is 29.0. The summed E-state index contributed by atoms with van der Waals surface area (Å²) < 4.78 is 4.94. The zero-order chi connectivity index (χ0) is 32.2. The van der Waals surface area contributed by atoms with E-state index in [1.54, 1.807) is 66.1 Å². The van der Waals surface area contributed by atoms with Crippen LogP contribution < -0.4 is 20.4 Å². The van der Waals surface area contributed by atoms with Crippen molar-refractivity contribution in [1.82, 2.24) is 0 Å². The molecule has 43 heavy (non-hydrogen) atoms. The molecule has 9 heteroatoms. The Hall–Kier alpha value is -1.49. The fourth-order valence-corrected chi connectivity index (χ4v) is 2.51. The van der Waals surface area contributed by atoms with Crippen molar-refractivity contribution in [2.24, 2.45) is 9.98 Å². The summed E-state index contributed by atoms with van der Waals surface area (Å²) in [4.78, 5) is 8.34. The minimum atomic E-state index is -0.750. The fourth-order valence-electron chi connectivity index (χ4n) is 2.51. The number of aryl methyl sites for hydroxylation is 2. The standard InChI is InChI=1S/2C11H15NO.C4H8O.2C4H9O.2Zn/c2*1-8(2)12-7-10-6-9(3)4-5-11(10)13;1-2-4-5-3-1;2*1-4(2,3)5;;/h2*4-8,13H,1-3H3;1-4H2;2*1-3H3;;/q;;;2*-1;2*+2/p-2. The van der Waals surface area contributed by atoms with E-state index in [0.717, 1.165) is 24.3 Å². The topological polar surface area (TPSA) is 126 Å². The van der Waals surface area contributed by atoms with Gasteiger partial charge >= 0.3 is 39.0 Å². The van der Waals surface area contributed by atoms with Gasteiger partial charge in [0.2, 0.25) is 0 Å². The van der Waals surface area contributed by atoms with E-state index in [2.05, 4.69) is 9.98 Å². The Morgan fingerprint density at radius 2 is 0.930 bits per heavy atom. The average molecular weight is 702 g/mol. The van der Waals surface area contributed by atoms with Crippen molar-refractivity contribution in [3.8, 4) is 11.5 Å². The second-order valence-electron chi connectivity index (χ2n) is 12.4. The van der Waals surface area contributed by atoms with Crippen molar-refractivity contribution < 1.29 is 64.1 Å². The van der Waals surface area contributed by atoms with Gasteiger partial charge in [-0.15, -0.1) is 22.7 Å². The smallest absolute Gasteiger partial charge is 0.872 e. The molecular weight excluding hydrogens is 647 g/mol. The van der Waals surface area contributed by atoms with E-state index in [4.69, 9.17) is 4.74 Å². The summed E-state index contributed by atoms with van der Waals surface area (Å²) in [6.07, 6.45) is 5.86. The molecule has 0 N–H and O–H groups in total. The normalized spacial score (nSPS) is 12.5. The molecule has 2 aromatic rings. The van der Waals surface area contributed by atoms with Gasteiger partial charge in [-0.2, -0.15) is 0 Å². The number of rotatable bonds is 4. The van der Waals surface area contributed by atoms with Crippen LogP contribution in [0.3, 0.4) is 0 Å². The van der Waals surface area contributed by atoms with Crippen LogP contribution in [0.1, 0.15) is 104 Å². The maximum absolute atomic E-state index is 11.3. The number of hydrogen-bond acceptors (Lipinski definition) is 7. The molecule has 1 aliphatic heterocycles. The van der Waals surface area contributed by atoms with Crippen LogP contribution in [0.2, 0.25) is 0 Å². The molecular formula is C34H54N2O5Zn2. The molecule has 0 atom stereocenters. The van der Waals surface area contributed by atoms with Crippen LogP contribution in [-0.4, -0.2) is 48.9 Å². The number of nitrogens with zero attached hydrogens (tertiary/aromatic N) is 2. The first-order chi connectivity index (χ1) is 18.7. The quantitative estimate of drug-likeness (QED) is 0.332. The summed E-state index contributed by atoms with van der Waals surface area (Å²) in [5, 5.41) is 42.8. The van der Waals surface area contributed by atoms with E-state index in [1.807, 2.05) is 65.8 Å². The van der Waals surface area contributed by atoms with Crippen molar-refractivity contribution in [2.75, 3.05) is 13.2 Å². The van der Waals surface area contributed by atoms with Crippen LogP contribution >= 0.6 is 0 Å². The predicted octanol–water partition coefficient (Wildman–Crippen LogP) is 4.87. The molecule has 1 aliphatic rings. The number of aliphatic imine (C=N–C) groups is 2. The third-order valence-electron chi connectivity index (χ3n) is 4.18. The molecule has 3 rings (SSSR count). The largest absolute Gasteiger partial charge is 2.00 e. The monoisotopic (exact) mass is 698 g/mol. The van der Waals surface area contributed by atoms with E-state index in [0.29, 0.717) is 11.1 Å². The second kappa shape index (κ2) is 25.8. The minimum Gasteiger partial charge on any atom is -0.872 e. The van der Waals surface area contributed by atoms with Crippen LogP contribution in [0.15, 0.2) is 46.4 Å². The van der Waals surface area contributed by atoms with Gasteiger partial charge in [0.25, 0.3) is 0 Å². The summed E-state index contributed by atoms with van der Waals surface area (Å²) in [7, 11) is 0. The van der Waals surface area contributed by atoms with Crippen molar-refractivity contribution in [2.45, 2.75) is 119 Å². The molecule has 1 fully saturated rings. The first-order valence-electron chi connectivity index (χ1n) is 14.3. The van der Waals surface area contributed by atoms with Gasteiger partial charge in [-0.3, -0.25) is 9.98 Å². The average Bonchev–Trinajstić information content (AvgIpc) is 3.39. The van der Waals surface area contributed by atoms with Gasteiger partial charge in [0, 0.05) is 37.7 Å². The summed E-state index contributed by atoms with van der Waals surface area (Å²) in [5.41, 5.74) is 2.03. The molecule has 0 spiro atoms. The van der Waals surface area contributed by atoms with Gasteiger partial charge in [-0.25, -0.2) is 0 Å². The summed E-state index contributed by atoms with van der Waals surface area (Å²) >= 11 is 0. The minimum absolute atomic E-state index is 0. The molecule has 1 saturated heterocycles. The van der Waals surface area contributed by atoms with Gasteiger partial charge < -0.3 is 25.2 Å². The predicted molar refractivity (Wildman–Crippen MR) is 166 cm³/mol. The molecule has 0 amide bonds.